The van der Waals surface area contributed by atoms with E-state index in [1.165, 1.54) is 11.3 Å². The molecule has 11 heteroatoms. The summed E-state index contributed by atoms with van der Waals surface area (Å²) in [4.78, 5) is 12.6. The van der Waals surface area contributed by atoms with Gasteiger partial charge in [0.1, 0.15) is 16.3 Å². The van der Waals surface area contributed by atoms with Crippen LogP contribution in [-0.2, 0) is 19.3 Å². The number of aryl methyl sites for hydroxylation is 1. The fraction of sp³-hybridized carbons (Fsp3) is 0.318. The van der Waals surface area contributed by atoms with E-state index in [9.17, 15) is 4.79 Å². The highest BCUT2D eigenvalue weighted by molar-refractivity contribution is 7.98. The van der Waals surface area contributed by atoms with Crippen LogP contribution in [0.5, 0.6) is 5.75 Å². The van der Waals surface area contributed by atoms with Crippen molar-refractivity contribution in [2.24, 2.45) is 7.05 Å². The molecular weight excluding hydrogens is 458 g/mol. The smallest absolute Gasteiger partial charge is 0.272 e. The molecule has 0 saturated carbocycles. The highest BCUT2D eigenvalue weighted by Gasteiger charge is 2.18. The van der Waals surface area contributed by atoms with Crippen LogP contribution in [-0.4, -0.2) is 41.0 Å². The summed E-state index contributed by atoms with van der Waals surface area (Å²) in [5.41, 5.74) is 1.78. The van der Waals surface area contributed by atoms with Crippen LogP contribution in [0.1, 0.15) is 25.6 Å². The van der Waals surface area contributed by atoms with Crippen molar-refractivity contribution in [2.75, 3.05) is 7.11 Å². The minimum atomic E-state index is -0.0532. The quantitative estimate of drug-likeness (QED) is 0.309. The van der Waals surface area contributed by atoms with E-state index in [2.05, 4.69) is 31.9 Å². The average Bonchev–Trinajstić information content (AvgIpc) is 3.58. The molecule has 0 atom stereocenters. The summed E-state index contributed by atoms with van der Waals surface area (Å²) >= 11 is 3.00. The number of unbranched alkanes of at least 4 members (excludes halogenated alkanes) is 1. The summed E-state index contributed by atoms with van der Waals surface area (Å²) in [6, 6.07) is 9.80. The molecule has 170 valence electrons. The zero-order valence-electron chi connectivity index (χ0n) is 18.6. The first kappa shape index (κ1) is 21.7. The Hall–Kier alpha value is -3.18. The Morgan fingerprint density at radius 3 is 2.67 bits per heavy atom. The minimum absolute atomic E-state index is 0.0532. The molecule has 0 aliphatic heterocycles. The van der Waals surface area contributed by atoms with Crippen LogP contribution in [0.4, 0.5) is 0 Å². The van der Waals surface area contributed by atoms with Gasteiger partial charge in [-0.2, -0.15) is 0 Å². The fourth-order valence-electron chi connectivity index (χ4n) is 3.74. The number of fused-ring (bicyclic) bond motifs is 3. The van der Waals surface area contributed by atoms with Crippen LogP contribution >= 0.6 is 23.1 Å². The highest BCUT2D eigenvalue weighted by Crippen LogP contribution is 2.28. The average molecular weight is 482 g/mol. The van der Waals surface area contributed by atoms with Crippen LogP contribution in [0.25, 0.3) is 27.4 Å². The van der Waals surface area contributed by atoms with Gasteiger partial charge in [0.15, 0.2) is 11.0 Å². The van der Waals surface area contributed by atoms with Gasteiger partial charge < -0.3 is 9.30 Å². The molecule has 1 aromatic carbocycles. The molecule has 4 heterocycles. The molecule has 33 heavy (non-hydrogen) atoms. The predicted molar refractivity (Wildman–Crippen MR) is 130 cm³/mol. The van der Waals surface area contributed by atoms with Crippen molar-refractivity contribution in [3.63, 3.8) is 0 Å². The highest BCUT2D eigenvalue weighted by atomic mass is 32.2. The van der Waals surface area contributed by atoms with Crippen molar-refractivity contribution >= 4 is 39.1 Å². The molecule has 4 aromatic heterocycles. The maximum atomic E-state index is 12.6. The van der Waals surface area contributed by atoms with E-state index in [0.29, 0.717) is 16.2 Å². The molecular formula is C22H23N7O2S2. The molecule has 0 spiro atoms. The lowest BCUT2D eigenvalue weighted by Gasteiger charge is -2.10. The van der Waals surface area contributed by atoms with Crippen molar-refractivity contribution in [3.8, 4) is 17.1 Å². The number of thioether (sulfide) groups is 1. The number of ether oxygens (including phenoxy) is 1. The first-order valence-corrected chi connectivity index (χ1v) is 12.5. The third-order valence-electron chi connectivity index (χ3n) is 5.53. The summed E-state index contributed by atoms with van der Waals surface area (Å²) in [5, 5.41) is 20.4. The molecule has 5 rings (SSSR count). The van der Waals surface area contributed by atoms with Crippen molar-refractivity contribution in [3.05, 3.63) is 51.9 Å². The van der Waals surface area contributed by atoms with Crippen LogP contribution in [0, 0.1) is 0 Å². The van der Waals surface area contributed by atoms with Crippen LogP contribution in [0.3, 0.4) is 0 Å². The second-order valence-corrected chi connectivity index (χ2v) is 9.44. The van der Waals surface area contributed by atoms with E-state index in [-0.39, 0.29) is 5.56 Å². The third kappa shape index (κ3) is 3.80. The predicted octanol–water partition coefficient (Wildman–Crippen LogP) is 4.00. The van der Waals surface area contributed by atoms with Gasteiger partial charge in [-0.1, -0.05) is 25.1 Å². The molecule has 0 bridgehead atoms. The van der Waals surface area contributed by atoms with Gasteiger partial charge in [0.05, 0.1) is 18.4 Å². The standard InChI is InChI=1S/C22H23N7O2S2/c1-4-5-11-28-19(14-6-8-15(31-3)9-7-14)24-26-22(28)33-13-17-23-25-21-27(2)20(30)18-16(29(17)21)10-12-32-18/h6-10,12H,4-5,11,13H2,1-3H3. The van der Waals surface area contributed by atoms with E-state index in [1.54, 1.807) is 30.5 Å². The Labute approximate surface area is 198 Å². The summed E-state index contributed by atoms with van der Waals surface area (Å²) in [7, 11) is 3.38. The molecule has 0 amide bonds. The normalized spacial score (nSPS) is 11.6. The van der Waals surface area contributed by atoms with Crippen molar-refractivity contribution in [2.45, 2.75) is 37.2 Å². The van der Waals surface area contributed by atoms with Crippen molar-refractivity contribution < 1.29 is 4.74 Å². The number of hydrogen-bond donors (Lipinski definition) is 0. The van der Waals surface area contributed by atoms with E-state index < -0.39 is 0 Å². The maximum absolute atomic E-state index is 12.6. The van der Waals surface area contributed by atoms with Crippen LogP contribution in [0.15, 0.2) is 45.7 Å². The molecule has 0 fully saturated rings. The van der Waals surface area contributed by atoms with Gasteiger partial charge in [-0.15, -0.1) is 31.7 Å². The van der Waals surface area contributed by atoms with E-state index in [4.69, 9.17) is 4.74 Å². The molecule has 0 radical (unpaired) electrons. The summed E-state index contributed by atoms with van der Waals surface area (Å²) < 4.78 is 11.6. The first-order valence-electron chi connectivity index (χ1n) is 10.6. The Morgan fingerprint density at radius 1 is 1.09 bits per heavy atom. The van der Waals surface area contributed by atoms with Gasteiger partial charge in [-0.05, 0) is 42.1 Å². The zero-order valence-corrected chi connectivity index (χ0v) is 20.2. The zero-order chi connectivity index (χ0) is 22.9. The van der Waals surface area contributed by atoms with Crippen molar-refractivity contribution in [1.29, 1.82) is 0 Å². The second kappa shape index (κ2) is 8.99. The largest absolute Gasteiger partial charge is 0.497 e. The molecule has 0 saturated heterocycles. The van der Waals surface area contributed by atoms with Gasteiger partial charge in [-0.3, -0.25) is 13.8 Å². The van der Waals surface area contributed by atoms with Crippen LogP contribution in [0.2, 0.25) is 0 Å². The minimum Gasteiger partial charge on any atom is -0.497 e. The van der Waals surface area contributed by atoms with Gasteiger partial charge >= 0.3 is 0 Å². The number of nitrogens with zero attached hydrogens (tertiary/aromatic N) is 7. The SMILES string of the molecule is CCCCn1c(SCc2nnc3n(C)c(=O)c4sccc4n23)nnc1-c1ccc(OC)cc1. The monoisotopic (exact) mass is 481 g/mol. The van der Waals surface area contributed by atoms with Gasteiger partial charge in [0.25, 0.3) is 5.56 Å². The maximum Gasteiger partial charge on any atom is 0.272 e. The number of aromatic nitrogens is 7. The first-order chi connectivity index (χ1) is 16.1. The third-order valence-corrected chi connectivity index (χ3v) is 7.38. The van der Waals surface area contributed by atoms with E-state index in [0.717, 1.165) is 53.0 Å². The Balaban J connectivity index is 1.49. The molecule has 0 aliphatic carbocycles. The number of benzene rings is 1. The number of hydrogen-bond acceptors (Lipinski definition) is 8. The molecule has 0 unspecified atom stereocenters. The summed E-state index contributed by atoms with van der Waals surface area (Å²) in [6.07, 6.45) is 2.10. The van der Waals surface area contributed by atoms with E-state index >= 15 is 0 Å². The summed E-state index contributed by atoms with van der Waals surface area (Å²) in [6.45, 7) is 3.00. The second-order valence-electron chi connectivity index (χ2n) is 7.58. The summed E-state index contributed by atoms with van der Waals surface area (Å²) in [5.74, 6) is 3.50. The molecule has 0 aliphatic rings. The van der Waals surface area contributed by atoms with Gasteiger partial charge in [0, 0.05) is 19.2 Å². The molecule has 9 nitrogen and oxygen atoms in total. The lowest BCUT2D eigenvalue weighted by Crippen LogP contribution is -2.19. The Bertz CT molecular complexity index is 1480. The lowest BCUT2D eigenvalue weighted by molar-refractivity contribution is 0.415. The number of rotatable bonds is 8. The number of methoxy groups -OCH3 is 1. The fourth-order valence-corrected chi connectivity index (χ4v) is 5.47. The number of thiophene rings is 1. The topological polar surface area (TPSA) is 92.1 Å². The molecule has 5 aromatic rings. The van der Waals surface area contributed by atoms with E-state index in [1.807, 2.05) is 40.1 Å². The van der Waals surface area contributed by atoms with Crippen molar-refractivity contribution in [1.82, 2.24) is 33.9 Å². The van der Waals surface area contributed by atoms with Crippen LogP contribution < -0.4 is 10.3 Å². The lowest BCUT2D eigenvalue weighted by atomic mass is 10.2. The Morgan fingerprint density at radius 2 is 1.91 bits per heavy atom. The molecule has 0 N–H and O–H groups in total. The van der Waals surface area contributed by atoms with Gasteiger partial charge in [-0.25, -0.2) is 0 Å². The van der Waals surface area contributed by atoms with Gasteiger partial charge in [0.2, 0.25) is 5.78 Å². The Kier molecular flexibility index (Phi) is 5.90.